The summed E-state index contributed by atoms with van der Waals surface area (Å²) in [5.41, 5.74) is 0. The second-order valence-electron chi connectivity index (χ2n) is 3.85. The lowest BCUT2D eigenvalue weighted by Gasteiger charge is -2.13. The van der Waals surface area contributed by atoms with Gasteiger partial charge in [-0.2, -0.15) is 8.42 Å². The van der Waals surface area contributed by atoms with Gasteiger partial charge in [0.2, 0.25) is 0 Å². The van der Waals surface area contributed by atoms with E-state index in [-0.39, 0.29) is 4.90 Å². The Kier molecular flexibility index (Phi) is 3.25. The van der Waals surface area contributed by atoms with Crippen LogP contribution in [-0.2, 0) is 14.3 Å². The van der Waals surface area contributed by atoms with Gasteiger partial charge in [-0.25, -0.2) is 4.39 Å². The Balaban J connectivity index is 2.15. The third kappa shape index (κ3) is 2.41. The van der Waals surface area contributed by atoms with Gasteiger partial charge in [-0.05, 0) is 31.4 Å². The molecular weight excluding hydrogens is 231 g/mol. The molecule has 1 fully saturated rings. The number of hydrogen-bond acceptors (Lipinski definition) is 3. The van der Waals surface area contributed by atoms with E-state index in [0.29, 0.717) is 19.3 Å². The Morgan fingerprint density at radius 1 is 1.19 bits per heavy atom. The van der Waals surface area contributed by atoms with Gasteiger partial charge in [0.05, 0.1) is 4.90 Å². The van der Waals surface area contributed by atoms with E-state index in [0.717, 1.165) is 0 Å². The molecule has 0 radical (unpaired) electrons. The van der Waals surface area contributed by atoms with E-state index in [2.05, 4.69) is 0 Å². The van der Waals surface area contributed by atoms with E-state index in [9.17, 15) is 12.8 Å². The van der Waals surface area contributed by atoms with Crippen molar-refractivity contribution in [1.29, 1.82) is 0 Å². The van der Waals surface area contributed by atoms with E-state index >= 15 is 0 Å². The zero-order valence-corrected chi connectivity index (χ0v) is 9.49. The van der Waals surface area contributed by atoms with Crippen LogP contribution in [0.1, 0.15) is 19.3 Å². The van der Waals surface area contributed by atoms with Crippen LogP contribution in [0, 0.1) is 0 Å². The zero-order valence-electron chi connectivity index (χ0n) is 8.67. The molecule has 1 aromatic rings. The van der Waals surface area contributed by atoms with Crippen LogP contribution >= 0.6 is 0 Å². The van der Waals surface area contributed by atoms with Crippen LogP contribution in [0.3, 0.4) is 0 Å². The van der Waals surface area contributed by atoms with Crippen LogP contribution in [-0.4, -0.2) is 20.7 Å². The predicted molar refractivity (Wildman–Crippen MR) is 57.2 cm³/mol. The van der Waals surface area contributed by atoms with Crippen LogP contribution in [0.5, 0.6) is 0 Å². The fraction of sp³-hybridized carbons (Fsp3) is 0.455. The van der Waals surface area contributed by atoms with Crippen molar-refractivity contribution in [2.24, 2.45) is 0 Å². The molecule has 88 valence electrons. The number of hydrogen-bond donors (Lipinski definition) is 0. The molecule has 2 rings (SSSR count). The molecule has 1 aliphatic rings. The molecule has 0 amide bonds. The fourth-order valence-electron chi connectivity index (χ4n) is 1.79. The van der Waals surface area contributed by atoms with Gasteiger partial charge in [0, 0.05) is 0 Å². The number of benzene rings is 1. The third-order valence-corrected chi connectivity index (χ3v) is 4.00. The number of rotatable bonds is 3. The lowest BCUT2D eigenvalue weighted by Crippen LogP contribution is -2.23. The molecule has 0 spiro atoms. The second-order valence-corrected chi connectivity index (χ2v) is 5.42. The van der Waals surface area contributed by atoms with E-state index in [1.165, 1.54) is 12.1 Å². The van der Waals surface area contributed by atoms with Crippen molar-refractivity contribution in [2.75, 3.05) is 0 Å². The first-order valence-corrected chi connectivity index (χ1v) is 6.63. The second kappa shape index (κ2) is 4.51. The number of alkyl halides is 1. The predicted octanol–water partition coefficient (Wildman–Crippen LogP) is 2.28. The molecule has 0 saturated heterocycles. The van der Waals surface area contributed by atoms with Crippen LogP contribution < -0.4 is 0 Å². The van der Waals surface area contributed by atoms with Crippen molar-refractivity contribution in [1.82, 2.24) is 0 Å². The summed E-state index contributed by atoms with van der Waals surface area (Å²) in [5, 5.41) is 0. The van der Waals surface area contributed by atoms with Crippen LogP contribution in [0.2, 0.25) is 0 Å². The zero-order chi connectivity index (χ0) is 11.6. The first-order chi connectivity index (χ1) is 7.59. The SMILES string of the molecule is O=S(=O)(OC1CCCC1F)c1ccccc1. The quantitative estimate of drug-likeness (QED) is 0.766. The van der Waals surface area contributed by atoms with Gasteiger partial charge in [0.1, 0.15) is 12.3 Å². The molecule has 0 aliphatic heterocycles. The standard InChI is InChI=1S/C11H13FO3S/c12-10-7-4-8-11(10)15-16(13,14)9-5-2-1-3-6-9/h1-3,5-6,10-11H,4,7-8H2. The van der Waals surface area contributed by atoms with Crippen molar-refractivity contribution in [2.45, 2.75) is 36.4 Å². The van der Waals surface area contributed by atoms with Crippen molar-refractivity contribution >= 4 is 10.1 Å². The average molecular weight is 244 g/mol. The number of halogens is 1. The highest BCUT2D eigenvalue weighted by Gasteiger charge is 2.32. The lowest BCUT2D eigenvalue weighted by molar-refractivity contribution is 0.131. The molecule has 0 heterocycles. The molecule has 0 N–H and O–H groups in total. The molecule has 2 atom stereocenters. The minimum atomic E-state index is -3.82. The van der Waals surface area contributed by atoms with E-state index < -0.39 is 22.4 Å². The van der Waals surface area contributed by atoms with Gasteiger partial charge in [0.25, 0.3) is 10.1 Å². The van der Waals surface area contributed by atoms with Crippen LogP contribution in [0.4, 0.5) is 4.39 Å². The van der Waals surface area contributed by atoms with Crippen molar-refractivity contribution in [3.63, 3.8) is 0 Å². The summed E-state index contributed by atoms with van der Waals surface area (Å²) in [6, 6.07) is 7.82. The van der Waals surface area contributed by atoms with Gasteiger partial charge in [-0.15, -0.1) is 0 Å². The van der Waals surface area contributed by atoms with Crippen molar-refractivity contribution in [3.05, 3.63) is 30.3 Å². The molecule has 2 unspecified atom stereocenters. The van der Waals surface area contributed by atoms with Gasteiger partial charge in [-0.3, -0.25) is 4.18 Å². The largest absolute Gasteiger partial charge is 0.297 e. The maximum Gasteiger partial charge on any atom is 0.297 e. The van der Waals surface area contributed by atoms with E-state index in [4.69, 9.17) is 4.18 Å². The fourth-order valence-corrected chi connectivity index (χ4v) is 2.94. The summed E-state index contributed by atoms with van der Waals surface area (Å²) < 4.78 is 41.6. The Morgan fingerprint density at radius 2 is 1.88 bits per heavy atom. The first-order valence-electron chi connectivity index (χ1n) is 5.22. The lowest BCUT2D eigenvalue weighted by atomic mass is 10.3. The van der Waals surface area contributed by atoms with E-state index in [1.807, 2.05) is 0 Å². The van der Waals surface area contributed by atoms with Crippen LogP contribution in [0.25, 0.3) is 0 Å². The summed E-state index contributed by atoms with van der Waals surface area (Å²) in [5.74, 6) is 0. The Labute approximate surface area is 94.4 Å². The smallest absolute Gasteiger partial charge is 0.260 e. The molecule has 1 aliphatic carbocycles. The van der Waals surface area contributed by atoms with Gasteiger partial charge >= 0.3 is 0 Å². The summed E-state index contributed by atoms with van der Waals surface area (Å²) in [6.07, 6.45) is -0.457. The highest BCUT2D eigenvalue weighted by atomic mass is 32.2. The Hall–Kier alpha value is -0.940. The summed E-state index contributed by atoms with van der Waals surface area (Å²) in [6.45, 7) is 0. The molecule has 16 heavy (non-hydrogen) atoms. The normalized spacial score (nSPS) is 25.8. The van der Waals surface area contributed by atoms with Crippen LogP contribution in [0.15, 0.2) is 35.2 Å². The summed E-state index contributed by atoms with van der Waals surface area (Å²) in [4.78, 5) is 0.0779. The highest BCUT2D eigenvalue weighted by molar-refractivity contribution is 7.86. The third-order valence-electron chi connectivity index (χ3n) is 2.65. The van der Waals surface area contributed by atoms with E-state index in [1.54, 1.807) is 18.2 Å². The first kappa shape index (κ1) is 11.5. The molecule has 0 aromatic heterocycles. The Morgan fingerprint density at radius 3 is 2.44 bits per heavy atom. The van der Waals surface area contributed by atoms with Gasteiger partial charge in [-0.1, -0.05) is 18.2 Å². The molecule has 0 bridgehead atoms. The molecule has 1 saturated carbocycles. The monoisotopic (exact) mass is 244 g/mol. The van der Waals surface area contributed by atoms with Gasteiger partial charge in [0.15, 0.2) is 0 Å². The molecule has 5 heteroatoms. The summed E-state index contributed by atoms with van der Waals surface area (Å²) >= 11 is 0. The maximum absolute atomic E-state index is 13.2. The molecule has 1 aromatic carbocycles. The van der Waals surface area contributed by atoms with Crippen molar-refractivity contribution < 1.29 is 17.0 Å². The Bertz CT molecular complexity index is 444. The minimum Gasteiger partial charge on any atom is -0.260 e. The maximum atomic E-state index is 13.2. The highest BCUT2D eigenvalue weighted by Crippen LogP contribution is 2.27. The minimum absolute atomic E-state index is 0.0779. The summed E-state index contributed by atoms with van der Waals surface area (Å²) in [7, 11) is -3.82. The average Bonchev–Trinajstić information content (AvgIpc) is 2.65. The van der Waals surface area contributed by atoms with Gasteiger partial charge < -0.3 is 0 Å². The molecular formula is C11H13FO3S. The molecule has 3 nitrogen and oxygen atoms in total. The van der Waals surface area contributed by atoms with Crippen molar-refractivity contribution in [3.8, 4) is 0 Å². The topological polar surface area (TPSA) is 43.4 Å².